The summed E-state index contributed by atoms with van der Waals surface area (Å²) in [6.45, 7) is 1.04. The minimum atomic E-state index is -0.298. The lowest BCUT2D eigenvalue weighted by Crippen LogP contribution is -2.44. The van der Waals surface area contributed by atoms with Crippen molar-refractivity contribution in [2.75, 3.05) is 38.2 Å². The molecule has 10 heteroatoms. The molecule has 164 valence electrons. The highest BCUT2D eigenvalue weighted by atomic mass is 16.5. The average molecular weight is 425 g/mol. The van der Waals surface area contributed by atoms with E-state index in [-0.39, 0.29) is 30.3 Å². The molecule has 1 aromatic heterocycles. The summed E-state index contributed by atoms with van der Waals surface area (Å²) in [6.07, 6.45) is 2.86. The first-order chi connectivity index (χ1) is 15.0. The van der Waals surface area contributed by atoms with Crippen LogP contribution in [-0.2, 0) is 9.59 Å². The van der Waals surface area contributed by atoms with Gasteiger partial charge in [-0.2, -0.15) is 0 Å². The Kier molecular flexibility index (Phi) is 7.63. The number of anilines is 2. The number of pyridine rings is 1. The second kappa shape index (κ2) is 10.6. The van der Waals surface area contributed by atoms with Crippen molar-refractivity contribution in [3.05, 3.63) is 36.4 Å². The number of likely N-dealkylation sites (N-methyl/N-ethyl adjacent to an activating group) is 2. The number of rotatable bonds is 7. The third-order valence-corrected chi connectivity index (χ3v) is 4.89. The first-order valence-corrected chi connectivity index (χ1v) is 10.1. The molecule has 1 amide bonds. The van der Waals surface area contributed by atoms with Crippen LogP contribution in [0.1, 0.15) is 19.3 Å². The minimum Gasteiger partial charge on any atom is -0.423 e. The summed E-state index contributed by atoms with van der Waals surface area (Å²) >= 11 is 0. The molecule has 1 aliphatic heterocycles. The van der Waals surface area contributed by atoms with Gasteiger partial charge in [-0.3, -0.25) is 9.69 Å². The third kappa shape index (κ3) is 6.06. The number of carbonyl (C=O) groups is 2. The highest BCUT2D eigenvalue weighted by Crippen LogP contribution is 2.31. The van der Waals surface area contributed by atoms with Crippen molar-refractivity contribution in [2.24, 2.45) is 10.2 Å². The monoisotopic (exact) mass is 425 g/mol. The molecule has 1 aromatic carbocycles. The number of amides is 1. The van der Waals surface area contributed by atoms with Crippen molar-refractivity contribution in [3.8, 4) is 5.75 Å². The summed E-state index contributed by atoms with van der Waals surface area (Å²) in [6, 6.07) is 9.86. The number of para-hydroxylation sites is 1. The van der Waals surface area contributed by atoms with E-state index in [4.69, 9.17) is 10.5 Å². The van der Waals surface area contributed by atoms with E-state index in [0.717, 1.165) is 25.8 Å². The Bertz CT molecular complexity index is 964. The lowest BCUT2D eigenvalue weighted by atomic mass is 10.0. The Hall–Kier alpha value is -3.37. The Morgan fingerprint density at radius 1 is 1.19 bits per heavy atom. The fourth-order valence-electron chi connectivity index (χ4n) is 3.25. The van der Waals surface area contributed by atoms with Crippen LogP contribution >= 0.6 is 0 Å². The summed E-state index contributed by atoms with van der Waals surface area (Å²) in [5.41, 5.74) is 6.68. The molecule has 0 bridgehead atoms. The molecule has 1 fully saturated rings. The van der Waals surface area contributed by atoms with Crippen molar-refractivity contribution < 1.29 is 14.3 Å². The first kappa shape index (κ1) is 22.3. The number of nitrogen functional groups attached to an aromatic ring is 1. The molecular weight excluding hydrogens is 398 g/mol. The second-order valence-corrected chi connectivity index (χ2v) is 7.26. The summed E-state index contributed by atoms with van der Waals surface area (Å²) in [4.78, 5) is 30.4. The van der Waals surface area contributed by atoms with E-state index < -0.39 is 0 Å². The van der Waals surface area contributed by atoms with Crippen LogP contribution in [0.2, 0.25) is 0 Å². The van der Waals surface area contributed by atoms with Gasteiger partial charge in [0, 0.05) is 0 Å². The summed E-state index contributed by atoms with van der Waals surface area (Å²) in [5.74, 6) is 0.237. The summed E-state index contributed by atoms with van der Waals surface area (Å²) in [5, 5.41) is 13.7. The number of likely N-dealkylation sites (tertiary alicyclic amines) is 1. The summed E-state index contributed by atoms with van der Waals surface area (Å²) < 4.78 is 5.63. The first-order valence-electron chi connectivity index (χ1n) is 10.1. The topological polar surface area (TPSA) is 134 Å². The van der Waals surface area contributed by atoms with Gasteiger partial charge in [0.1, 0.15) is 23.2 Å². The van der Waals surface area contributed by atoms with Gasteiger partial charge in [-0.1, -0.05) is 18.6 Å². The van der Waals surface area contributed by atoms with Crippen molar-refractivity contribution in [2.45, 2.75) is 25.3 Å². The van der Waals surface area contributed by atoms with Gasteiger partial charge in [0.15, 0.2) is 11.6 Å². The molecule has 2 heterocycles. The van der Waals surface area contributed by atoms with E-state index in [1.807, 2.05) is 11.9 Å². The van der Waals surface area contributed by atoms with E-state index in [0.29, 0.717) is 22.9 Å². The molecule has 31 heavy (non-hydrogen) atoms. The van der Waals surface area contributed by atoms with Gasteiger partial charge in [-0.05, 0) is 57.7 Å². The molecule has 0 unspecified atom stereocenters. The predicted octanol–water partition coefficient (Wildman–Crippen LogP) is 2.63. The number of nitrogens with two attached hydrogens (primary N) is 1. The lowest BCUT2D eigenvalue weighted by Gasteiger charge is -2.30. The van der Waals surface area contributed by atoms with Crippen LogP contribution in [0.15, 0.2) is 46.6 Å². The Morgan fingerprint density at radius 2 is 1.97 bits per heavy atom. The fraction of sp³-hybridized carbons (Fsp3) is 0.381. The molecule has 0 aliphatic carbocycles. The van der Waals surface area contributed by atoms with E-state index in [1.165, 1.54) is 0 Å². The van der Waals surface area contributed by atoms with E-state index in [2.05, 4.69) is 25.8 Å². The highest BCUT2D eigenvalue weighted by Gasteiger charge is 2.28. The van der Waals surface area contributed by atoms with Crippen LogP contribution in [0.25, 0.3) is 0 Å². The predicted molar refractivity (Wildman–Crippen MR) is 118 cm³/mol. The third-order valence-electron chi connectivity index (χ3n) is 4.89. The van der Waals surface area contributed by atoms with E-state index >= 15 is 0 Å². The zero-order valence-corrected chi connectivity index (χ0v) is 17.7. The molecular formula is C21H27N7O3. The lowest BCUT2D eigenvalue weighted by molar-refractivity contribution is -0.141. The molecule has 1 aliphatic rings. The van der Waals surface area contributed by atoms with Crippen molar-refractivity contribution in [3.63, 3.8) is 0 Å². The van der Waals surface area contributed by atoms with Crippen LogP contribution in [0, 0.1) is 0 Å². The SMILES string of the molecule is CNCC(=O)Nc1ccc(N=Nc2ccccc2OC(=O)[C@@H]2CCCCN2C)c(N)n1. The maximum Gasteiger partial charge on any atom is 0.328 e. The maximum atomic E-state index is 12.6. The molecule has 0 radical (unpaired) electrons. The number of esters is 1. The molecule has 4 N–H and O–H groups in total. The maximum absolute atomic E-state index is 12.6. The van der Waals surface area contributed by atoms with Gasteiger partial charge in [-0.15, -0.1) is 10.2 Å². The van der Waals surface area contributed by atoms with Crippen LogP contribution in [-0.4, -0.2) is 55.0 Å². The standard InChI is InChI=1S/C21H27N7O3/c1-23-13-19(29)24-18-11-10-15(20(22)25-18)27-26-14-7-3-4-9-17(14)31-21(30)16-8-5-6-12-28(16)2/h3-4,7,9-11,16,23H,5-6,8,12-13H2,1-2H3,(H3,22,24,25,29)/t16-/m0/s1. The van der Waals surface area contributed by atoms with Gasteiger partial charge in [0.05, 0.1) is 6.54 Å². The van der Waals surface area contributed by atoms with E-state index in [9.17, 15) is 9.59 Å². The zero-order chi connectivity index (χ0) is 22.2. The minimum absolute atomic E-state index is 0.115. The number of piperidine rings is 1. The van der Waals surface area contributed by atoms with Crippen LogP contribution in [0.3, 0.4) is 0 Å². The average Bonchev–Trinajstić information content (AvgIpc) is 2.74. The van der Waals surface area contributed by atoms with Gasteiger partial charge in [-0.25, -0.2) is 9.78 Å². The number of ether oxygens (including phenoxy) is 1. The Morgan fingerprint density at radius 3 is 2.71 bits per heavy atom. The van der Waals surface area contributed by atoms with Gasteiger partial charge >= 0.3 is 5.97 Å². The van der Waals surface area contributed by atoms with Crippen LogP contribution < -0.4 is 21.1 Å². The number of nitrogens with zero attached hydrogens (tertiary/aromatic N) is 4. The zero-order valence-electron chi connectivity index (χ0n) is 17.7. The molecule has 2 aromatic rings. The van der Waals surface area contributed by atoms with Gasteiger partial charge < -0.3 is 21.1 Å². The number of azo groups is 1. The van der Waals surface area contributed by atoms with Gasteiger partial charge in [0.2, 0.25) is 5.91 Å². The molecule has 0 spiro atoms. The largest absolute Gasteiger partial charge is 0.423 e. The van der Waals surface area contributed by atoms with Crippen molar-refractivity contribution in [1.29, 1.82) is 0 Å². The molecule has 1 saturated heterocycles. The molecule has 0 saturated carbocycles. The van der Waals surface area contributed by atoms with Crippen molar-refractivity contribution >= 4 is 34.9 Å². The smallest absolute Gasteiger partial charge is 0.328 e. The van der Waals surface area contributed by atoms with Gasteiger partial charge in [0.25, 0.3) is 0 Å². The number of hydrogen-bond donors (Lipinski definition) is 3. The number of aromatic nitrogens is 1. The quantitative estimate of drug-likeness (QED) is 0.353. The number of benzene rings is 1. The molecule has 10 nitrogen and oxygen atoms in total. The fourth-order valence-corrected chi connectivity index (χ4v) is 3.25. The van der Waals surface area contributed by atoms with Crippen LogP contribution in [0.5, 0.6) is 5.75 Å². The Balaban J connectivity index is 1.71. The van der Waals surface area contributed by atoms with Crippen molar-refractivity contribution in [1.82, 2.24) is 15.2 Å². The second-order valence-electron chi connectivity index (χ2n) is 7.26. The molecule has 3 rings (SSSR count). The summed E-state index contributed by atoms with van der Waals surface area (Å²) in [7, 11) is 3.60. The molecule has 1 atom stereocenters. The Labute approximate surface area is 180 Å². The number of hydrogen-bond acceptors (Lipinski definition) is 9. The van der Waals surface area contributed by atoms with E-state index in [1.54, 1.807) is 43.4 Å². The number of nitrogens with one attached hydrogen (secondary N) is 2. The number of carbonyl (C=O) groups excluding carboxylic acids is 2. The van der Waals surface area contributed by atoms with Crippen LogP contribution in [0.4, 0.5) is 23.0 Å². The highest BCUT2D eigenvalue weighted by molar-refractivity contribution is 5.91. The normalized spacial score (nSPS) is 16.9.